The number of fused-ring (bicyclic) bond motifs is 1. The number of nitrogens with zero attached hydrogens (tertiary/aromatic N) is 1. The van der Waals surface area contributed by atoms with Crippen LogP contribution in [0.25, 0.3) is 0 Å². The highest BCUT2D eigenvalue weighted by molar-refractivity contribution is 5.98. The second-order valence-corrected chi connectivity index (χ2v) is 6.27. The molecule has 1 aliphatic heterocycles. The Morgan fingerprint density at radius 1 is 1.07 bits per heavy atom. The maximum atomic E-state index is 12.3. The highest BCUT2D eigenvalue weighted by Crippen LogP contribution is 2.31. The molecule has 27 heavy (non-hydrogen) atoms. The van der Waals surface area contributed by atoms with Gasteiger partial charge in [0.05, 0.1) is 13.2 Å². The van der Waals surface area contributed by atoms with Crippen LogP contribution in [-0.4, -0.2) is 69.2 Å². The smallest absolute Gasteiger partial charge is 0.220 e. The Labute approximate surface area is 161 Å². The summed E-state index contributed by atoms with van der Waals surface area (Å²) in [5.41, 5.74) is 0.534. The molecule has 0 aromatic heterocycles. The van der Waals surface area contributed by atoms with Crippen LogP contribution in [0.4, 0.5) is 0 Å². The molecular weight excluding hydrogens is 348 g/mol. The van der Waals surface area contributed by atoms with Gasteiger partial charge in [-0.1, -0.05) is 13.8 Å². The molecule has 0 fully saturated rings. The van der Waals surface area contributed by atoms with Gasteiger partial charge in [-0.15, -0.1) is 0 Å². The minimum Gasteiger partial charge on any atom is -0.486 e. The Kier molecular flexibility index (Phi) is 9.07. The Morgan fingerprint density at radius 3 is 2.56 bits per heavy atom. The van der Waals surface area contributed by atoms with Crippen molar-refractivity contribution in [1.82, 2.24) is 10.2 Å². The van der Waals surface area contributed by atoms with Gasteiger partial charge in [-0.05, 0) is 31.3 Å². The fourth-order valence-corrected chi connectivity index (χ4v) is 2.77. The molecule has 150 valence electrons. The fraction of sp³-hybridized carbons (Fsp3) is 0.600. The van der Waals surface area contributed by atoms with Gasteiger partial charge in [-0.2, -0.15) is 0 Å². The Hall–Kier alpha value is -2.12. The Morgan fingerprint density at radius 2 is 1.81 bits per heavy atom. The number of Topliss-reactive ketones (excluding diaryl/α,β-unsaturated/α-hetero) is 1. The number of carbonyl (C=O) groups is 2. The zero-order chi connectivity index (χ0) is 19.5. The third kappa shape index (κ3) is 7.19. The van der Waals surface area contributed by atoms with E-state index < -0.39 is 0 Å². The lowest BCUT2D eigenvalue weighted by molar-refractivity contribution is -0.121. The zero-order valence-corrected chi connectivity index (χ0v) is 16.3. The second-order valence-electron chi connectivity index (χ2n) is 6.27. The van der Waals surface area contributed by atoms with Crippen molar-refractivity contribution in [3.8, 4) is 11.5 Å². The highest BCUT2D eigenvalue weighted by Gasteiger charge is 2.15. The first-order valence-corrected chi connectivity index (χ1v) is 9.63. The molecule has 0 unspecified atom stereocenters. The van der Waals surface area contributed by atoms with Gasteiger partial charge < -0.3 is 24.4 Å². The molecule has 7 nitrogen and oxygen atoms in total. The van der Waals surface area contributed by atoms with E-state index in [0.29, 0.717) is 50.0 Å². The molecule has 1 aromatic rings. The van der Waals surface area contributed by atoms with Gasteiger partial charge in [0.25, 0.3) is 0 Å². The van der Waals surface area contributed by atoms with E-state index in [4.69, 9.17) is 14.2 Å². The number of rotatable bonds is 12. The lowest BCUT2D eigenvalue weighted by atomic mass is 10.1. The number of ketones is 1. The van der Waals surface area contributed by atoms with Crippen molar-refractivity contribution in [1.29, 1.82) is 0 Å². The number of amides is 1. The minimum absolute atomic E-state index is 0.0856. The van der Waals surface area contributed by atoms with Crippen LogP contribution in [0.3, 0.4) is 0 Å². The monoisotopic (exact) mass is 378 g/mol. The molecule has 1 aromatic carbocycles. The molecule has 0 spiro atoms. The van der Waals surface area contributed by atoms with Crippen molar-refractivity contribution in [3.63, 3.8) is 0 Å². The van der Waals surface area contributed by atoms with E-state index in [9.17, 15) is 9.59 Å². The maximum absolute atomic E-state index is 12.3. The number of hydrogen-bond donors (Lipinski definition) is 1. The highest BCUT2D eigenvalue weighted by atomic mass is 16.6. The number of benzene rings is 1. The van der Waals surface area contributed by atoms with E-state index in [-0.39, 0.29) is 24.5 Å². The van der Waals surface area contributed by atoms with Crippen LogP contribution < -0.4 is 14.8 Å². The standard InChI is InChI=1S/C20H30N2O5/c1-3-22(4-2)10-12-25-11-9-21-20(24)8-6-17(23)16-5-7-18-19(15-16)27-14-13-26-18/h5,7,15H,3-4,6,8-14H2,1-2H3,(H,21,24). The second kappa shape index (κ2) is 11.6. The first kappa shape index (κ1) is 21.2. The van der Waals surface area contributed by atoms with Crippen LogP contribution in [0.2, 0.25) is 0 Å². The molecule has 7 heteroatoms. The number of hydrogen-bond acceptors (Lipinski definition) is 6. The van der Waals surface area contributed by atoms with Crippen LogP contribution in [0.1, 0.15) is 37.0 Å². The van der Waals surface area contributed by atoms with Crippen molar-refractivity contribution < 1.29 is 23.8 Å². The molecular formula is C20H30N2O5. The van der Waals surface area contributed by atoms with Gasteiger partial charge in [-0.25, -0.2) is 0 Å². The zero-order valence-electron chi connectivity index (χ0n) is 16.3. The van der Waals surface area contributed by atoms with E-state index in [2.05, 4.69) is 24.1 Å². The first-order valence-electron chi connectivity index (χ1n) is 9.63. The molecule has 0 radical (unpaired) electrons. The third-order valence-corrected chi connectivity index (χ3v) is 4.46. The molecule has 0 saturated carbocycles. The van der Waals surface area contributed by atoms with Crippen LogP contribution in [0, 0.1) is 0 Å². The van der Waals surface area contributed by atoms with Gasteiger partial charge in [0.2, 0.25) is 5.91 Å². The number of likely N-dealkylation sites (N-methyl/N-ethyl adjacent to an activating group) is 1. The predicted octanol–water partition coefficient (Wildman–Crippen LogP) is 1.90. The quantitative estimate of drug-likeness (QED) is 0.442. The average Bonchev–Trinajstić information content (AvgIpc) is 2.71. The van der Waals surface area contributed by atoms with E-state index in [1.807, 2.05) is 0 Å². The summed E-state index contributed by atoms with van der Waals surface area (Å²) < 4.78 is 16.4. The van der Waals surface area contributed by atoms with Crippen molar-refractivity contribution in [2.45, 2.75) is 26.7 Å². The van der Waals surface area contributed by atoms with Gasteiger partial charge >= 0.3 is 0 Å². The fourth-order valence-electron chi connectivity index (χ4n) is 2.77. The Bertz CT molecular complexity index is 616. The van der Waals surface area contributed by atoms with Crippen LogP contribution in [0.5, 0.6) is 11.5 Å². The summed E-state index contributed by atoms with van der Waals surface area (Å²) in [5, 5.41) is 2.78. The van der Waals surface area contributed by atoms with E-state index in [1.165, 1.54) is 0 Å². The van der Waals surface area contributed by atoms with Crippen LogP contribution in [0.15, 0.2) is 18.2 Å². The number of nitrogens with one attached hydrogen (secondary N) is 1. The first-order chi connectivity index (χ1) is 13.1. The van der Waals surface area contributed by atoms with Crippen molar-refractivity contribution in [3.05, 3.63) is 23.8 Å². The number of ether oxygens (including phenoxy) is 3. The summed E-state index contributed by atoms with van der Waals surface area (Å²) in [4.78, 5) is 26.4. The van der Waals surface area contributed by atoms with Gasteiger partial charge in [0.15, 0.2) is 17.3 Å². The molecule has 0 saturated heterocycles. The molecule has 0 aliphatic carbocycles. The normalized spacial score (nSPS) is 12.9. The largest absolute Gasteiger partial charge is 0.486 e. The van der Waals surface area contributed by atoms with Gasteiger partial charge in [0, 0.05) is 31.5 Å². The van der Waals surface area contributed by atoms with E-state index in [1.54, 1.807) is 18.2 Å². The van der Waals surface area contributed by atoms with Gasteiger partial charge in [-0.3, -0.25) is 9.59 Å². The van der Waals surface area contributed by atoms with Crippen molar-refractivity contribution >= 4 is 11.7 Å². The topological polar surface area (TPSA) is 77.1 Å². The lowest BCUT2D eigenvalue weighted by Gasteiger charge is -2.18. The third-order valence-electron chi connectivity index (χ3n) is 4.46. The Balaban J connectivity index is 1.60. The summed E-state index contributed by atoms with van der Waals surface area (Å²) in [7, 11) is 0. The SMILES string of the molecule is CCN(CC)CCOCCNC(=O)CCC(=O)c1ccc2c(c1)OCCO2. The number of carbonyl (C=O) groups excluding carboxylic acids is 2. The minimum atomic E-state index is -0.145. The van der Waals surface area contributed by atoms with E-state index >= 15 is 0 Å². The molecule has 0 bridgehead atoms. The molecule has 0 atom stereocenters. The molecule has 1 heterocycles. The molecule has 2 rings (SSSR count). The van der Waals surface area contributed by atoms with Crippen molar-refractivity contribution in [2.75, 3.05) is 52.6 Å². The summed E-state index contributed by atoms with van der Waals surface area (Å²) in [6.45, 7) is 9.72. The van der Waals surface area contributed by atoms with Crippen LogP contribution in [-0.2, 0) is 9.53 Å². The summed E-state index contributed by atoms with van der Waals surface area (Å²) in [6, 6.07) is 5.12. The summed E-state index contributed by atoms with van der Waals surface area (Å²) in [5.74, 6) is 1.00. The summed E-state index contributed by atoms with van der Waals surface area (Å²) in [6.07, 6.45) is 0.320. The maximum Gasteiger partial charge on any atom is 0.220 e. The average molecular weight is 378 g/mol. The molecule has 1 N–H and O–H groups in total. The predicted molar refractivity (Wildman–Crippen MR) is 103 cm³/mol. The van der Waals surface area contributed by atoms with E-state index in [0.717, 1.165) is 19.6 Å². The van der Waals surface area contributed by atoms with Crippen molar-refractivity contribution in [2.24, 2.45) is 0 Å². The van der Waals surface area contributed by atoms with Gasteiger partial charge in [0.1, 0.15) is 13.2 Å². The molecule has 1 aliphatic rings. The molecule has 1 amide bonds. The lowest BCUT2D eigenvalue weighted by Crippen LogP contribution is -2.30. The van der Waals surface area contributed by atoms with Crippen LogP contribution >= 0.6 is 0 Å². The summed E-state index contributed by atoms with van der Waals surface area (Å²) >= 11 is 0.